The third-order valence-electron chi connectivity index (χ3n) is 5.21. The molecule has 31 heavy (non-hydrogen) atoms. The molecule has 0 saturated carbocycles. The van der Waals surface area contributed by atoms with E-state index in [2.05, 4.69) is 10.3 Å². The van der Waals surface area contributed by atoms with Crippen LogP contribution in [0, 0.1) is 5.92 Å². The Morgan fingerprint density at radius 3 is 2.81 bits per heavy atom. The molecule has 7 nitrogen and oxygen atoms in total. The molecule has 1 N–H and O–H groups in total. The largest absolute Gasteiger partial charge is 0.493 e. The summed E-state index contributed by atoms with van der Waals surface area (Å²) >= 11 is 3.00. The van der Waals surface area contributed by atoms with Crippen molar-refractivity contribution in [3.05, 3.63) is 46.7 Å². The van der Waals surface area contributed by atoms with Gasteiger partial charge >= 0.3 is 0 Å². The van der Waals surface area contributed by atoms with Crippen LogP contribution in [0.3, 0.4) is 0 Å². The number of benzene rings is 1. The summed E-state index contributed by atoms with van der Waals surface area (Å²) in [5.41, 5.74) is 1.90. The number of thiophene rings is 1. The first-order valence-corrected chi connectivity index (χ1v) is 11.6. The summed E-state index contributed by atoms with van der Waals surface area (Å²) in [4.78, 5) is 32.4. The van der Waals surface area contributed by atoms with Crippen LogP contribution in [0.2, 0.25) is 0 Å². The van der Waals surface area contributed by atoms with Crippen LogP contribution in [0.15, 0.2) is 41.1 Å². The number of aromatic nitrogens is 1. The van der Waals surface area contributed by atoms with Gasteiger partial charge in [0.05, 0.1) is 30.7 Å². The highest BCUT2D eigenvalue weighted by Gasteiger charge is 2.34. The molecule has 9 heteroatoms. The molecule has 0 bridgehead atoms. The molecule has 2 amide bonds. The number of nitrogens with one attached hydrogen (secondary N) is 1. The van der Waals surface area contributed by atoms with E-state index in [4.69, 9.17) is 9.47 Å². The topological polar surface area (TPSA) is 80.8 Å². The number of likely N-dealkylation sites (tertiary alicyclic amines) is 1. The number of rotatable bonds is 8. The van der Waals surface area contributed by atoms with E-state index in [9.17, 15) is 9.59 Å². The van der Waals surface area contributed by atoms with Crippen molar-refractivity contribution in [2.75, 3.05) is 32.6 Å². The second-order valence-electron chi connectivity index (χ2n) is 7.18. The minimum Gasteiger partial charge on any atom is -0.493 e. The summed E-state index contributed by atoms with van der Waals surface area (Å²) in [7, 11) is 3.20. The van der Waals surface area contributed by atoms with Crippen LogP contribution in [0.5, 0.6) is 11.5 Å². The van der Waals surface area contributed by atoms with Crippen LogP contribution >= 0.6 is 22.7 Å². The summed E-state index contributed by atoms with van der Waals surface area (Å²) in [6, 6.07) is 9.70. The molecule has 1 aromatic carbocycles. The minimum atomic E-state index is -0.369. The smallest absolute Gasteiger partial charge is 0.231 e. The first kappa shape index (κ1) is 21.3. The summed E-state index contributed by atoms with van der Waals surface area (Å²) in [5.74, 6) is 0.806. The lowest BCUT2D eigenvalue weighted by molar-refractivity contribution is -0.128. The fourth-order valence-corrected chi connectivity index (χ4v) is 5.01. The zero-order valence-corrected chi connectivity index (χ0v) is 18.9. The van der Waals surface area contributed by atoms with Gasteiger partial charge in [0.1, 0.15) is 0 Å². The molecule has 0 radical (unpaired) electrons. The molecule has 3 aromatic rings. The average molecular weight is 458 g/mol. The molecule has 1 atom stereocenters. The Bertz CT molecular complexity index is 1060. The van der Waals surface area contributed by atoms with Crippen LogP contribution < -0.4 is 14.8 Å². The highest BCUT2D eigenvalue weighted by Crippen LogP contribution is 2.30. The van der Waals surface area contributed by atoms with E-state index >= 15 is 0 Å². The van der Waals surface area contributed by atoms with Gasteiger partial charge in [0.25, 0.3) is 0 Å². The number of thiazole rings is 1. The van der Waals surface area contributed by atoms with Crippen molar-refractivity contribution >= 4 is 39.6 Å². The highest BCUT2D eigenvalue weighted by molar-refractivity contribution is 7.16. The summed E-state index contributed by atoms with van der Waals surface area (Å²) in [5, 5.41) is 7.35. The molecule has 1 unspecified atom stereocenters. The molecule has 1 saturated heterocycles. The van der Waals surface area contributed by atoms with Crippen LogP contribution in [0.1, 0.15) is 12.0 Å². The van der Waals surface area contributed by atoms with Gasteiger partial charge in [-0.2, -0.15) is 0 Å². The zero-order chi connectivity index (χ0) is 21.8. The normalized spacial score (nSPS) is 15.9. The van der Waals surface area contributed by atoms with Crippen molar-refractivity contribution in [3.8, 4) is 22.1 Å². The third-order valence-corrected chi connectivity index (χ3v) is 6.86. The molecular weight excluding hydrogens is 434 g/mol. The van der Waals surface area contributed by atoms with Crippen molar-refractivity contribution in [2.45, 2.75) is 12.8 Å². The molecular formula is C22H23N3O4S2. The second kappa shape index (κ2) is 9.49. The molecule has 1 aliphatic rings. The van der Waals surface area contributed by atoms with Crippen LogP contribution in [-0.2, 0) is 16.0 Å². The Balaban J connectivity index is 1.32. The quantitative estimate of drug-likeness (QED) is 0.555. The number of hydrogen-bond donors (Lipinski definition) is 1. The zero-order valence-electron chi connectivity index (χ0n) is 17.3. The Kier molecular flexibility index (Phi) is 6.53. The fourth-order valence-electron chi connectivity index (χ4n) is 3.54. The maximum absolute atomic E-state index is 12.7. The van der Waals surface area contributed by atoms with Crippen molar-refractivity contribution < 1.29 is 19.1 Å². The van der Waals surface area contributed by atoms with E-state index in [1.54, 1.807) is 30.5 Å². The molecule has 1 fully saturated rings. The molecule has 3 heterocycles. The first-order valence-electron chi connectivity index (χ1n) is 9.86. The van der Waals surface area contributed by atoms with Gasteiger partial charge in [0.2, 0.25) is 11.8 Å². The molecule has 0 spiro atoms. The van der Waals surface area contributed by atoms with E-state index in [0.717, 1.165) is 16.1 Å². The van der Waals surface area contributed by atoms with Crippen LogP contribution in [0.25, 0.3) is 10.6 Å². The van der Waals surface area contributed by atoms with Gasteiger partial charge in [0, 0.05) is 24.9 Å². The van der Waals surface area contributed by atoms with Gasteiger partial charge in [-0.15, -0.1) is 22.7 Å². The predicted octanol–water partition coefficient (Wildman–Crippen LogP) is 3.92. The number of methoxy groups -OCH3 is 2. The number of nitrogens with zero attached hydrogens (tertiary/aromatic N) is 2. The lowest BCUT2D eigenvalue weighted by Gasteiger charge is -2.17. The Morgan fingerprint density at radius 1 is 1.23 bits per heavy atom. The van der Waals surface area contributed by atoms with Gasteiger partial charge in [-0.05, 0) is 35.6 Å². The highest BCUT2D eigenvalue weighted by atomic mass is 32.1. The number of anilines is 1. The second-order valence-corrected chi connectivity index (χ2v) is 8.99. The summed E-state index contributed by atoms with van der Waals surface area (Å²) in [6.07, 6.45) is 0.901. The van der Waals surface area contributed by atoms with Gasteiger partial charge in [-0.25, -0.2) is 4.98 Å². The van der Waals surface area contributed by atoms with Crippen LogP contribution in [-0.4, -0.2) is 49.0 Å². The van der Waals surface area contributed by atoms with E-state index in [0.29, 0.717) is 36.1 Å². The fraction of sp³-hybridized carbons (Fsp3) is 0.318. The maximum Gasteiger partial charge on any atom is 0.231 e. The summed E-state index contributed by atoms with van der Waals surface area (Å²) < 4.78 is 10.6. The van der Waals surface area contributed by atoms with E-state index in [1.807, 2.05) is 41.1 Å². The van der Waals surface area contributed by atoms with Crippen LogP contribution in [0.4, 0.5) is 5.13 Å². The average Bonchev–Trinajstić information content (AvgIpc) is 3.53. The number of ether oxygens (including phenoxy) is 2. The predicted molar refractivity (Wildman–Crippen MR) is 122 cm³/mol. The van der Waals surface area contributed by atoms with E-state index in [-0.39, 0.29) is 24.2 Å². The van der Waals surface area contributed by atoms with Crippen molar-refractivity contribution in [2.24, 2.45) is 5.92 Å². The Labute approximate surface area is 188 Å². The monoisotopic (exact) mass is 457 g/mol. The van der Waals surface area contributed by atoms with E-state index < -0.39 is 0 Å². The molecule has 2 aromatic heterocycles. The number of carbonyl (C=O) groups is 2. The number of hydrogen-bond acceptors (Lipinski definition) is 7. The Morgan fingerprint density at radius 2 is 2.06 bits per heavy atom. The molecule has 1 aliphatic heterocycles. The Hall–Kier alpha value is -2.91. The third kappa shape index (κ3) is 4.88. The number of carbonyl (C=O) groups excluding carboxylic acids is 2. The standard InChI is InChI=1S/C22H23N3O4S2/c1-28-17-6-5-14(10-18(17)29-2)7-8-25-12-15(11-20(25)26)21(27)24-22-23-16(13-31-22)19-4-3-9-30-19/h3-6,9-10,13,15H,7-8,11-12H2,1-2H3,(H,23,24,27). The van der Waals surface area contributed by atoms with Gasteiger partial charge in [-0.1, -0.05) is 12.1 Å². The maximum atomic E-state index is 12.7. The van der Waals surface area contributed by atoms with Crippen molar-refractivity contribution in [3.63, 3.8) is 0 Å². The molecule has 162 valence electrons. The first-order chi connectivity index (χ1) is 15.1. The SMILES string of the molecule is COc1ccc(CCN2CC(C(=O)Nc3nc(-c4cccs4)cs3)CC2=O)cc1OC. The van der Waals surface area contributed by atoms with Gasteiger partial charge in [-0.3, -0.25) is 9.59 Å². The minimum absolute atomic E-state index is 0.000889. The van der Waals surface area contributed by atoms with Gasteiger partial charge < -0.3 is 19.7 Å². The van der Waals surface area contributed by atoms with Crippen molar-refractivity contribution in [1.82, 2.24) is 9.88 Å². The number of amides is 2. The van der Waals surface area contributed by atoms with E-state index in [1.165, 1.54) is 11.3 Å². The lowest BCUT2D eigenvalue weighted by Crippen LogP contribution is -2.30. The summed E-state index contributed by atoms with van der Waals surface area (Å²) in [6.45, 7) is 0.971. The molecule has 4 rings (SSSR count). The lowest BCUT2D eigenvalue weighted by atomic mass is 10.1. The van der Waals surface area contributed by atoms with Gasteiger partial charge in [0.15, 0.2) is 16.6 Å². The molecule has 0 aliphatic carbocycles. The van der Waals surface area contributed by atoms with Crippen molar-refractivity contribution in [1.29, 1.82) is 0 Å².